The number of nitrogens with zero attached hydrogens (tertiary/aromatic N) is 1. The summed E-state index contributed by atoms with van der Waals surface area (Å²) in [6, 6.07) is 12.8. The predicted molar refractivity (Wildman–Crippen MR) is 87.5 cm³/mol. The number of carbonyl (C=O) groups is 1. The van der Waals surface area contributed by atoms with Gasteiger partial charge in [-0.15, -0.1) is 0 Å². The number of amides is 1. The predicted octanol–water partition coefficient (Wildman–Crippen LogP) is 3.30. The molecule has 1 aromatic heterocycles. The van der Waals surface area contributed by atoms with E-state index in [0.29, 0.717) is 23.3 Å². The number of benzene rings is 2. The second kappa shape index (κ2) is 6.54. The molecular formula is C18H15FN2O3. The van der Waals surface area contributed by atoms with Gasteiger partial charge in [-0.3, -0.25) is 4.79 Å². The average molecular weight is 326 g/mol. The lowest BCUT2D eigenvalue weighted by molar-refractivity contribution is 0.0996. The van der Waals surface area contributed by atoms with E-state index in [2.05, 4.69) is 4.99 Å². The van der Waals surface area contributed by atoms with Gasteiger partial charge >= 0.3 is 0 Å². The van der Waals surface area contributed by atoms with Crippen LogP contribution in [0.3, 0.4) is 0 Å². The summed E-state index contributed by atoms with van der Waals surface area (Å²) < 4.78 is 25.1. The van der Waals surface area contributed by atoms with E-state index >= 15 is 0 Å². The highest BCUT2D eigenvalue weighted by atomic mass is 19.1. The number of rotatable bonds is 4. The largest absolute Gasteiger partial charge is 0.490 e. The minimum absolute atomic E-state index is 0.0528. The van der Waals surface area contributed by atoms with Crippen molar-refractivity contribution in [3.8, 4) is 5.75 Å². The third-order valence-electron chi connectivity index (χ3n) is 3.38. The average Bonchev–Trinajstić information content (AvgIpc) is 2.57. The van der Waals surface area contributed by atoms with Crippen LogP contribution in [0.4, 0.5) is 10.1 Å². The van der Waals surface area contributed by atoms with Gasteiger partial charge in [0.25, 0.3) is 5.91 Å². The van der Waals surface area contributed by atoms with E-state index in [4.69, 9.17) is 14.9 Å². The van der Waals surface area contributed by atoms with Crippen LogP contribution in [0, 0.1) is 5.82 Å². The van der Waals surface area contributed by atoms with E-state index in [-0.39, 0.29) is 16.8 Å². The smallest absolute Gasteiger partial charge is 0.254 e. The van der Waals surface area contributed by atoms with E-state index in [9.17, 15) is 9.18 Å². The highest BCUT2D eigenvalue weighted by Crippen LogP contribution is 2.25. The molecule has 0 aliphatic carbocycles. The second-order valence-electron chi connectivity index (χ2n) is 5.00. The van der Waals surface area contributed by atoms with Crippen molar-refractivity contribution in [2.45, 2.75) is 6.92 Å². The number of halogens is 1. The maximum atomic E-state index is 13.8. The first-order valence-corrected chi connectivity index (χ1v) is 7.39. The number of carbonyl (C=O) groups excluding carboxylic acids is 1. The number of nitrogens with two attached hydrogens (primary N) is 1. The molecular weight excluding hydrogens is 311 g/mol. The van der Waals surface area contributed by atoms with E-state index in [0.717, 1.165) is 0 Å². The lowest BCUT2D eigenvalue weighted by Crippen LogP contribution is -2.21. The Hall–Kier alpha value is -3.15. The number of ether oxygens (including phenoxy) is 1. The molecule has 0 fully saturated rings. The van der Waals surface area contributed by atoms with Gasteiger partial charge in [0.15, 0.2) is 11.3 Å². The normalized spacial score (nSPS) is 11.7. The lowest BCUT2D eigenvalue weighted by Gasteiger charge is -2.07. The Morgan fingerprint density at radius 1 is 1.25 bits per heavy atom. The quantitative estimate of drug-likeness (QED) is 0.799. The molecule has 0 saturated heterocycles. The summed E-state index contributed by atoms with van der Waals surface area (Å²) in [7, 11) is 0. The van der Waals surface area contributed by atoms with Crippen LogP contribution >= 0.6 is 0 Å². The van der Waals surface area contributed by atoms with Gasteiger partial charge in [-0.1, -0.05) is 24.3 Å². The van der Waals surface area contributed by atoms with Crippen molar-refractivity contribution in [2.75, 3.05) is 6.61 Å². The van der Waals surface area contributed by atoms with E-state index in [1.165, 1.54) is 12.1 Å². The molecule has 24 heavy (non-hydrogen) atoms. The standard InChI is InChI=1S/C18H15FN2O3/c1-2-23-15-9-5-6-11-10-12(17(20)22)18(24-16(11)15)21-14-8-4-3-7-13(14)19/h3-10H,2H2,1H3,(H2,20,22). The molecule has 3 aromatic rings. The summed E-state index contributed by atoms with van der Waals surface area (Å²) in [4.78, 5) is 15.8. The first-order chi connectivity index (χ1) is 11.6. The first-order valence-electron chi connectivity index (χ1n) is 7.39. The molecule has 5 nitrogen and oxygen atoms in total. The Balaban J connectivity index is 2.32. The van der Waals surface area contributed by atoms with Crippen LogP contribution in [-0.4, -0.2) is 12.5 Å². The molecule has 2 N–H and O–H groups in total. The van der Waals surface area contributed by atoms with Gasteiger partial charge in [0.1, 0.15) is 17.1 Å². The molecule has 2 aromatic carbocycles. The van der Waals surface area contributed by atoms with Crippen LogP contribution in [-0.2, 0) is 0 Å². The molecule has 1 heterocycles. The SMILES string of the molecule is CCOc1cccc2cc(C(N)=O)c(=Nc3ccccc3F)oc12. The number of primary amides is 1. The van der Waals surface area contributed by atoms with Gasteiger partial charge in [-0.2, -0.15) is 0 Å². The molecule has 0 radical (unpaired) electrons. The minimum atomic E-state index is -0.711. The maximum absolute atomic E-state index is 13.8. The van der Waals surface area contributed by atoms with Crippen molar-refractivity contribution >= 4 is 22.6 Å². The zero-order valence-electron chi connectivity index (χ0n) is 13.0. The molecule has 1 amide bonds. The third-order valence-corrected chi connectivity index (χ3v) is 3.38. The Bertz CT molecular complexity index is 979. The Morgan fingerprint density at radius 3 is 2.75 bits per heavy atom. The van der Waals surface area contributed by atoms with Crippen molar-refractivity contribution in [3.63, 3.8) is 0 Å². The summed E-state index contributed by atoms with van der Waals surface area (Å²) in [5, 5.41) is 0.641. The molecule has 6 heteroatoms. The second-order valence-corrected chi connectivity index (χ2v) is 5.00. The van der Waals surface area contributed by atoms with Crippen molar-refractivity contribution in [1.29, 1.82) is 0 Å². The van der Waals surface area contributed by atoms with Crippen LogP contribution < -0.4 is 16.0 Å². The summed E-state index contributed by atoms with van der Waals surface area (Å²) >= 11 is 0. The van der Waals surface area contributed by atoms with E-state index in [1.54, 1.807) is 36.4 Å². The number of hydrogen-bond donors (Lipinski definition) is 1. The van der Waals surface area contributed by atoms with Gasteiger partial charge in [-0.25, -0.2) is 9.38 Å². The number of fused-ring (bicyclic) bond motifs is 1. The molecule has 0 aliphatic rings. The monoisotopic (exact) mass is 326 g/mol. The fraction of sp³-hybridized carbons (Fsp3) is 0.111. The lowest BCUT2D eigenvalue weighted by atomic mass is 10.1. The Kier molecular flexibility index (Phi) is 4.29. The fourth-order valence-electron chi connectivity index (χ4n) is 2.31. The van der Waals surface area contributed by atoms with Crippen molar-refractivity contribution in [2.24, 2.45) is 10.7 Å². The van der Waals surface area contributed by atoms with Gasteiger partial charge < -0.3 is 14.9 Å². The topological polar surface area (TPSA) is 77.8 Å². The molecule has 0 aliphatic heterocycles. The Labute approximate surface area is 137 Å². The van der Waals surface area contributed by atoms with Crippen LogP contribution in [0.5, 0.6) is 5.75 Å². The number of para-hydroxylation sites is 2. The van der Waals surface area contributed by atoms with Gasteiger partial charge in [0, 0.05) is 5.39 Å². The highest BCUT2D eigenvalue weighted by Gasteiger charge is 2.13. The molecule has 0 unspecified atom stereocenters. The zero-order chi connectivity index (χ0) is 17.1. The van der Waals surface area contributed by atoms with Crippen LogP contribution in [0.1, 0.15) is 17.3 Å². The summed E-state index contributed by atoms with van der Waals surface area (Å²) in [6.07, 6.45) is 0. The minimum Gasteiger partial charge on any atom is -0.490 e. The summed E-state index contributed by atoms with van der Waals surface area (Å²) in [6.45, 7) is 2.30. The molecule has 0 atom stereocenters. The fourth-order valence-corrected chi connectivity index (χ4v) is 2.31. The summed E-state index contributed by atoms with van der Waals surface area (Å²) in [5.74, 6) is -0.727. The van der Waals surface area contributed by atoms with Gasteiger partial charge in [0.2, 0.25) is 5.55 Å². The number of hydrogen-bond acceptors (Lipinski definition) is 4. The van der Waals surface area contributed by atoms with Crippen LogP contribution in [0.15, 0.2) is 57.9 Å². The molecule has 3 rings (SSSR count). The zero-order valence-corrected chi connectivity index (χ0v) is 13.0. The third kappa shape index (κ3) is 2.99. The van der Waals surface area contributed by atoms with Gasteiger partial charge in [0.05, 0.1) is 6.61 Å². The first kappa shape index (κ1) is 15.7. The maximum Gasteiger partial charge on any atom is 0.254 e. The highest BCUT2D eigenvalue weighted by molar-refractivity contribution is 5.96. The van der Waals surface area contributed by atoms with Crippen molar-refractivity contribution in [3.05, 3.63) is 65.5 Å². The van der Waals surface area contributed by atoms with Crippen LogP contribution in [0.25, 0.3) is 11.0 Å². The van der Waals surface area contributed by atoms with Gasteiger partial charge in [-0.05, 0) is 31.2 Å². The molecule has 0 spiro atoms. The molecule has 0 saturated carbocycles. The van der Waals surface area contributed by atoms with Crippen molar-refractivity contribution < 1.29 is 18.3 Å². The summed E-state index contributed by atoms with van der Waals surface area (Å²) in [5.41, 5.74) is 5.89. The van der Waals surface area contributed by atoms with Crippen LogP contribution in [0.2, 0.25) is 0 Å². The van der Waals surface area contributed by atoms with E-state index in [1.807, 2.05) is 6.92 Å². The molecule has 0 bridgehead atoms. The Morgan fingerprint density at radius 2 is 2.04 bits per heavy atom. The molecule has 122 valence electrons. The van der Waals surface area contributed by atoms with Crippen molar-refractivity contribution in [1.82, 2.24) is 0 Å². The van der Waals surface area contributed by atoms with E-state index < -0.39 is 11.7 Å².